The van der Waals surface area contributed by atoms with Crippen LogP contribution in [0.4, 0.5) is 10.1 Å². The van der Waals surface area contributed by atoms with Gasteiger partial charge in [-0.15, -0.1) is 0 Å². The van der Waals surface area contributed by atoms with Gasteiger partial charge in [0.05, 0.1) is 12.3 Å². The van der Waals surface area contributed by atoms with Gasteiger partial charge in [-0.3, -0.25) is 9.59 Å². The van der Waals surface area contributed by atoms with E-state index in [1.54, 1.807) is 12.1 Å². The smallest absolute Gasteiger partial charge is 0.249 e. The summed E-state index contributed by atoms with van der Waals surface area (Å²) in [6.45, 7) is 0.425. The predicted molar refractivity (Wildman–Crippen MR) is 75.2 cm³/mol. The standard InChI is InChI=1S/C14H18FN3O3/c1-21-8-10(16)13(19)17-11-6-7-18(14(11)20)12-5-3-2-4-9(12)15/h2-5,10-11H,6-8,16H2,1H3,(H,17,19). The van der Waals surface area contributed by atoms with Crippen LogP contribution in [-0.2, 0) is 14.3 Å². The average molecular weight is 295 g/mol. The Morgan fingerprint density at radius 2 is 2.29 bits per heavy atom. The number of rotatable bonds is 5. The largest absolute Gasteiger partial charge is 0.383 e. The van der Waals surface area contributed by atoms with E-state index in [2.05, 4.69) is 5.32 Å². The van der Waals surface area contributed by atoms with Gasteiger partial charge in [0.25, 0.3) is 0 Å². The van der Waals surface area contributed by atoms with Gasteiger partial charge < -0.3 is 20.7 Å². The molecular weight excluding hydrogens is 277 g/mol. The Morgan fingerprint density at radius 3 is 2.95 bits per heavy atom. The van der Waals surface area contributed by atoms with E-state index in [0.717, 1.165) is 0 Å². The molecule has 0 saturated carbocycles. The number of hydrogen-bond donors (Lipinski definition) is 2. The predicted octanol–water partition coefficient (Wildman–Crippen LogP) is 0.0209. The number of nitrogens with zero attached hydrogens (tertiary/aromatic N) is 1. The lowest BCUT2D eigenvalue weighted by Crippen LogP contribution is -2.50. The number of nitrogens with one attached hydrogen (secondary N) is 1. The Kier molecular flexibility index (Phi) is 4.87. The maximum atomic E-state index is 13.7. The monoisotopic (exact) mass is 295 g/mol. The first-order chi connectivity index (χ1) is 10.0. The number of nitrogens with two attached hydrogens (primary N) is 1. The molecule has 1 saturated heterocycles. The van der Waals surface area contributed by atoms with E-state index in [4.69, 9.17) is 10.5 Å². The molecule has 2 rings (SSSR count). The van der Waals surface area contributed by atoms with Crippen molar-refractivity contribution in [3.05, 3.63) is 30.1 Å². The number of amides is 2. The summed E-state index contributed by atoms with van der Waals surface area (Å²) in [5.74, 6) is -1.25. The van der Waals surface area contributed by atoms with Crippen molar-refractivity contribution in [2.45, 2.75) is 18.5 Å². The molecule has 1 aliphatic heterocycles. The topological polar surface area (TPSA) is 84.7 Å². The Hall–Kier alpha value is -1.99. The fraction of sp³-hybridized carbons (Fsp3) is 0.429. The van der Waals surface area contributed by atoms with Crippen LogP contribution in [0.1, 0.15) is 6.42 Å². The van der Waals surface area contributed by atoms with E-state index in [1.807, 2.05) is 0 Å². The van der Waals surface area contributed by atoms with E-state index in [0.29, 0.717) is 13.0 Å². The zero-order valence-corrected chi connectivity index (χ0v) is 11.7. The number of anilines is 1. The Morgan fingerprint density at radius 1 is 1.57 bits per heavy atom. The third kappa shape index (κ3) is 3.37. The second kappa shape index (κ2) is 6.64. The van der Waals surface area contributed by atoms with Crippen LogP contribution in [0.3, 0.4) is 0 Å². The van der Waals surface area contributed by atoms with Crippen molar-refractivity contribution in [2.24, 2.45) is 5.73 Å². The normalized spacial score (nSPS) is 19.7. The number of hydrogen-bond acceptors (Lipinski definition) is 4. The third-order valence-electron chi connectivity index (χ3n) is 3.35. The molecule has 2 unspecified atom stereocenters. The number of ether oxygens (including phenoxy) is 1. The molecule has 3 N–H and O–H groups in total. The van der Waals surface area contributed by atoms with Crippen LogP contribution >= 0.6 is 0 Å². The van der Waals surface area contributed by atoms with Crippen molar-refractivity contribution in [1.29, 1.82) is 0 Å². The minimum absolute atomic E-state index is 0.0732. The molecule has 1 aromatic rings. The number of para-hydroxylation sites is 1. The number of halogens is 1. The zero-order chi connectivity index (χ0) is 15.4. The summed E-state index contributed by atoms with van der Waals surface area (Å²) in [4.78, 5) is 25.4. The van der Waals surface area contributed by atoms with Gasteiger partial charge in [0.2, 0.25) is 11.8 Å². The molecule has 0 spiro atoms. The number of carbonyl (C=O) groups excluding carboxylic acids is 2. The number of carbonyl (C=O) groups is 2. The first kappa shape index (κ1) is 15.4. The van der Waals surface area contributed by atoms with Gasteiger partial charge in [0.15, 0.2) is 0 Å². The SMILES string of the molecule is COCC(N)C(=O)NC1CCN(c2ccccc2F)C1=O. The van der Waals surface area contributed by atoms with Gasteiger partial charge in [0, 0.05) is 13.7 Å². The average Bonchev–Trinajstić information content (AvgIpc) is 2.81. The molecule has 7 heteroatoms. The van der Waals surface area contributed by atoms with Gasteiger partial charge in [-0.25, -0.2) is 4.39 Å². The van der Waals surface area contributed by atoms with Gasteiger partial charge >= 0.3 is 0 Å². The van der Waals surface area contributed by atoms with Crippen molar-refractivity contribution in [3.63, 3.8) is 0 Å². The fourth-order valence-electron chi connectivity index (χ4n) is 2.26. The Bertz CT molecular complexity index is 538. The summed E-state index contributed by atoms with van der Waals surface area (Å²) >= 11 is 0. The second-order valence-corrected chi connectivity index (χ2v) is 4.85. The number of methoxy groups -OCH3 is 1. The quantitative estimate of drug-likeness (QED) is 0.802. The molecule has 1 aliphatic rings. The summed E-state index contributed by atoms with van der Waals surface area (Å²) in [6.07, 6.45) is 0.415. The minimum atomic E-state index is -0.828. The lowest BCUT2D eigenvalue weighted by Gasteiger charge is -2.18. The van der Waals surface area contributed by atoms with Crippen LogP contribution in [-0.4, -0.2) is 44.2 Å². The molecule has 1 heterocycles. The molecule has 0 bridgehead atoms. The number of benzene rings is 1. The van der Waals surface area contributed by atoms with Crippen LogP contribution in [0.15, 0.2) is 24.3 Å². The highest BCUT2D eigenvalue weighted by Crippen LogP contribution is 2.24. The molecule has 2 atom stereocenters. The van der Waals surface area contributed by atoms with E-state index >= 15 is 0 Å². The molecule has 21 heavy (non-hydrogen) atoms. The summed E-state index contributed by atoms with van der Waals surface area (Å²) < 4.78 is 18.5. The fourth-order valence-corrected chi connectivity index (χ4v) is 2.26. The molecule has 2 amide bonds. The van der Waals surface area contributed by atoms with E-state index in [-0.39, 0.29) is 18.2 Å². The summed E-state index contributed by atoms with van der Waals surface area (Å²) in [7, 11) is 1.44. The van der Waals surface area contributed by atoms with Crippen LogP contribution < -0.4 is 16.0 Å². The van der Waals surface area contributed by atoms with E-state index in [9.17, 15) is 14.0 Å². The van der Waals surface area contributed by atoms with Crippen molar-refractivity contribution < 1.29 is 18.7 Å². The van der Waals surface area contributed by atoms with Crippen LogP contribution in [0.2, 0.25) is 0 Å². The van der Waals surface area contributed by atoms with Crippen LogP contribution in [0.25, 0.3) is 0 Å². The molecule has 0 aliphatic carbocycles. The van der Waals surface area contributed by atoms with Crippen LogP contribution in [0.5, 0.6) is 0 Å². The second-order valence-electron chi connectivity index (χ2n) is 4.85. The molecule has 0 radical (unpaired) electrons. The molecule has 1 fully saturated rings. The molecule has 114 valence electrons. The van der Waals surface area contributed by atoms with Crippen molar-refractivity contribution in [2.75, 3.05) is 25.2 Å². The summed E-state index contributed by atoms with van der Waals surface area (Å²) in [6, 6.07) is 4.54. The third-order valence-corrected chi connectivity index (χ3v) is 3.35. The highest BCUT2D eigenvalue weighted by atomic mass is 19.1. The highest BCUT2D eigenvalue weighted by Gasteiger charge is 2.35. The van der Waals surface area contributed by atoms with Crippen molar-refractivity contribution in [1.82, 2.24) is 5.32 Å². The zero-order valence-electron chi connectivity index (χ0n) is 11.7. The van der Waals surface area contributed by atoms with Gasteiger partial charge in [-0.1, -0.05) is 12.1 Å². The van der Waals surface area contributed by atoms with Crippen LogP contribution in [0, 0.1) is 5.82 Å². The van der Waals surface area contributed by atoms with Crippen molar-refractivity contribution >= 4 is 17.5 Å². The maximum Gasteiger partial charge on any atom is 0.249 e. The molecular formula is C14H18FN3O3. The molecule has 0 aromatic heterocycles. The van der Waals surface area contributed by atoms with Gasteiger partial charge in [0.1, 0.15) is 17.9 Å². The van der Waals surface area contributed by atoms with Gasteiger partial charge in [-0.2, -0.15) is 0 Å². The Balaban J connectivity index is 2.02. The van der Waals surface area contributed by atoms with E-state index < -0.39 is 23.8 Å². The lowest BCUT2D eigenvalue weighted by atomic mass is 10.2. The lowest BCUT2D eigenvalue weighted by molar-refractivity contribution is -0.128. The first-order valence-electron chi connectivity index (χ1n) is 6.65. The summed E-state index contributed by atoms with van der Waals surface area (Å²) in [5.41, 5.74) is 5.82. The summed E-state index contributed by atoms with van der Waals surface area (Å²) in [5, 5.41) is 2.57. The first-order valence-corrected chi connectivity index (χ1v) is 6.65. The van der Waals surface area contributed by atoms with Crippen molar-refractivity contribution in [3.8, 4) is 0 Å². The molecule has 1 aromatic carbocycles. The highest BCUT2D eigenvalue weighted by molar-refractivity contribution is 6.01. The maximum absolute atomic E-state index is 13.7. The molecule has 6 nitrogen and oxygen atoms in total. The minimum Gasteiger partial charge on any atom is -0.383 e. The van der Waals surface area contributed by atoms with E-state index in [1.165, 1.54) is 24.1 Å². The van der Waals surface area contributed by atoms with Gasteiger partial charge in [-0.05, 0) is 18.6 Å². The Labute approximate surface area is 122 Å².